The molecule has 8 atom stereocenters. The molecule has 0 bridgehead atoms. The third-order valence-corrected chi connectivity index (χ3v) is 15.4. The first kappa shape index (κ1) is 31.3. The number of rotatable bonds is 6. The molecule has 238 valence electrons. The quantitative estimate of drug-likeness (QED) is 0.349. The second-order valence-electron chi connectivity index (χ2n) is 17.2. The fourth-order valence-corrected chi connectivity index (χ4v) is 13.1. The molecule has 6 rings (SSSR count). The Labute approximate surface area is 264 Å². The number of thiazole rings is 1. The van der Waals surface area contributed by atoms with E-state index in [0.717, 1.165) is 70.9 Å². The van der Waals surface area contributed by atoms with Gasteiger partial charge in [-0.3, -0.25) is 9.59 Å². The number of allylic oxidation sites excluding steroid dienone is 2. The average molecular weight is 609 g/mol. The summed E-state index contributed by atoms with van der Waals surface area (Å²) in [4.78, 5) is 36.4. The monoisotopic (exact) mass is 608 g/mol. The van der Waals surface area contributed by atoms with Gasteiger partial charge in [0.1, 0.15) is 0 Å². The molecular weight excluding hydrogens is 552 g/mol. The Morgan fingerprint density at radius 3 is 2.28 bits per heavy atom. The van der Waals surface area contributed by atoms with Crippen LogP contribution in [0.1, 0.15) is 131 Å². The van der Waals surface area contributed by atoms with Gasteiger partial charge in [-0.15, -0.1) is 11.3 Å². The number of aromatic nitrogens is 1. The summed E-state index contributed by atoms with van der Waals surface area (Å²) in [5.74, 6) is 0.160. The van der Waals surface area contributed by atoms with E-state index in [2.05, 4.69) is 66.4 Å². The number of aliphatic carboxylic acids is 1. The predicted molar refractivity (Wildman–Crippen MR) is 176 cm³/mol. The minimum Gasteiger partial charge on any atom is -0.481 e. The molecule has 1 heterocycles. The van der Waals surface area contributed by atoms with Crippen LogP contribution in [0, 0.1) is 44.8 Å². The largest absolute Gasteiger partial charge is 0.481 e. The molecule has 43 heavy (non-hydrogen) atoms. The van der Waals surface area contributed by atoms with Gasteiger partial charge in [0, 0.05) is 29.3 Å². The number of carbonyl (C=O) groups is 2. The van der Waals surface area contributed by atoms with Crippen LogP contribution in [0.4, 0.5) is 5.13 Å². The molecule has 0 amide bonds. The highest BCUT2D eigenvalue weighted by Crippen LogP contribution is 2.75. The van der Waals surface area contributed by atoms with Crippen molar-refractivity contribution in [3.05, 3.63) is 22.2 Å². The van der Waals surface area contributed by atoms with Crippen molar-refractivity contribution >= 4 is 28.2 Å². The van der Waals surface area contributed by atoms with E-state index < -0.39 is 11.4 Å². The van der Waals surface area contributed by atoms with Crippen molar-refractivity contribution in [1.82, 2.24) is 4.98 Å². The van der Waals surface area contributed by atoms with E-state index >= 15 is 0 Å². The Kier molecular flexibility index (Phi) is 7.21. The van der Waals surface area contributed by atoms with Gasteiger partial charge in [0.25, 0.3) is 0 Å². The van der Waals surface area contributed by atoms with E-state index in [1.165, 1.54) is 21.3 Å². The highest BCUT2D eigenvalue weighted by Gasteiger charge is 2.70. The summed E-state index contributed by atoms with van der Waals surface area (Å²) in [7, 11) is 0. The molecule has 5 nitrogen and oxygen atoms in total. The summed E-state index contributed by atoms with van der Waals surface area (Å²) >= 11 is 1.89. The summed E-state index contributed by atoms with van der Waals surface area (Å²) in [6.45, 7) is 23.1. The number of anilines is 1. The van der Waals surface area contributed by atoms with Gasteiger partial charge in [-0.1, -0.05) is 61.0 Å². The molecule has 0 aliphatic heterocycles. The molecule has 0 saturated heterocycles. The van der Waals surface area contributed by atoms with Crippen LogP contribution in [-0.2, 0) is 21.4 Å². The van der Waals surface area contributed by atoms with Gasteiger partial charge >= 0.3 is 5.97 Å². The number of carboxylic acids is 1. The maximum atomic E-state index is 14.8. The van der Waals surface area contributed by atoms with E-state index in [9.17, 15) is 14.7 Å². The zero-order valence-corrected chi connectivity index (χ0v) is 29.2. The molecule has 3 fully saturated rings. The number of nitrogens with zero attached hydrogens (tertiary/aromatic N) is 2. The maximum Gasteiger partial charge on any atom is 0.309 e. The standard InChI is InChI=1S/C37H56N2O3S/c1-10-18-39(19-11-2)31-38-29-26(43-31)22-35(7)27(32(29,3)4)12-13-37(9)28(35)25(40)20-23-24-21-34(6,30(41)42)15-14-33(24,5)16-17-36(23,37)8/h20,24,27-28H,10-19,21-22H2,1-9H3,(H,41,42)/t24-,27-,28+,33+,34-,35-,36+,37+/m0/s1. The second kappa shape index (κ2) is 9.90. The van der Waals surface area contributed by atoms with Gasteiger partial charge < -0.3 is 10.0 Å². The zero-order valence-electron chi connectivity index (χ0n) is 28.4. The van der Waals surface area contributed by atoms with Crippen LogP contribution in [-0.4, -0.2) is 34.9 Å². The molecule has 5 aliphatic carbocycles. The maximum absolute atomic E-state index is 14.8. The highest BCUT2D eigenvalue weighted by molar-refractivity contribution is 7.15. The number of ketones is 1. The van der Waals surface area contributed by atoms with E-state index in [0.29, 0.717) is 18.1 Å². The summed E-state index contributed by atoms with van der Waals surface area (Å²) < 4.78 is 0. The Morgan fingerprint density at radius 1 is 1.00 bits per heavy atom. The summed E-state index contributed by atoms with van der Waals surface area (Å²) in [6, 6.07) is 0. The first-order chi connectivity index (χ1) is 20.0. The number of hydrogen-bond donors (Lipinski definition) is 1. The van der Waals surface area contributed by atoms with E-state index in [-0.39, 0.29) is 38.9 Å². The van der Waals surface area contributed by atoms with E-state index in [4.69, 9.17) is 4.98 Å². The Balaban J connectivity index is 1.44. The summed E-state index contributed by atoms with van der Waals surface area (Å²) in [6.07, 6.45) is 11.9. The molecule has 0 radical (unpaired) electrons. The van der Waals surface area contributed by atoms with E-state index in [1.54, 1.807) is 0 Å². The van der Waals surface area contributed by atoms with Gasteiger partial charge in [-0.2, -0.15) is 0 Å². The lowest BCUT2D eigenvalue weighted by atomic mass is 9.34. The van der Waals surface area contributed by atoms with E-state index in [1.807, 2.05) is 18.3 Å². The number of fused-ring (bicyclic) bond motifs is 8. The Hall–Kier alpha value is -1.69. The third-order valence-electron chi connectivity index (χ3n) is 14.3. The molecule has 0 aromatic carbocycles. The molecule has 1 aromatic rings. The van der Waals surface area contributed by atoms with Gasteiger partial charge in [-0.25, -0.2) is 4.98 Å². The lowest BCUT2D eigenvalue weighted by Gasteiger charge is -2.69. The smallest absolute Gasteiger partial charge is 0.309 e. The Morgan fingerprint density at radius 2 is 1.65 bits per heavy atom. The second-order valence-corrected chi connectivity index (χ2v) is 18.3. The minimum absolute atomic E-state index is 0.0355. The summed E-state index contributed by atoms with van der Waals surface area (Å²) in [5.41, 5.74) is 1.47. The first-order valence-electron chi connectivity index (χ1n) is 17.3. The van der Waals surface area contributed by atoms with Crippen LogP contribution >= 0.6 is 11.3 Å². The van der Waals surface area contributed by atoms with Gasteiger partial charge in [-0.05, 0) is 111 Å². The first-order valence-corrected chi connectivity index (χ1v) is 18.1. The predicted octanol–water partition coefficient (Wildman–Crippen LogP) is 8.85. The zero-order chi connectivity index (χ0) is 31.4. The molecule has 0 unspecified atom stereocenters. The summed E-state index contributed by atoms with van der Waals surface area (Å²) in [5, 5.41) is 11.4. The topological polar surface area (TPSA) is 70.5 Å². The van der Waals surface area contributed by atoms with Gasteiger partial charge in [0.15, 0.2) is 10.9 Å². The third kappa shape index (κ3) is 4.16. The Bertz CT molecular complexity index is 1360. The fourth-order valence-electron chi connectivity index (χ4n) is 11.6. The van der Waals surface area contributed by atoms with Gasteiger partial charge in [0.2, 0.25) is 0 Å². The van der Waals surface area contributed by atoms with Crippen molar-refractivity contribution in [1.29, 1.82) is 0 Å². The lowest BCUT2D eigenvalue weighted by Crippen LogP contribution is -2.66. The van der Waals surface area contributed by atoms with Crippen molar-refractivity contribution in [2.45, 2.75) is 132 Å². The fraction of sp³-hybridized carbons (Fsp3) is 0.811. The molecule has 3 saturated carbocycles. The lowest BCUT2D eigenvalue weighted by molar-refractivity contribution is -0.173. The molecule has 1 aromatic heterocycles. The highest BCUT2D eigenvalue weighted by atomic mass is 32.1. The normalized spacial score (nSPS) is 43.0. The van der Waals surface area contributed by atoms with Crippen molar-refractivity contribution in [2.24, 2.45) is 44.8 Å². The van der Waals surface area contributed by atoms with Crippen molar-refractivity contribution in [3.8, 4) is 0 Å². The number of carbonyl (C=O) groups excluding carboxylic acids is 1. The van der Waals surface area contributed by atoms with Crippen LogP contribution in [0.25, 0.3) is 0 Å². The van der Waals surface area contributed by atoms with Crippen molar-refractivity contribution in [3.63, 3.8) is 0 Å². The molecular formula is C37H56N2O3S. The van der Waals surface area contributed by atoms with Crippen molar-refractivity contribution < 1.29 is 14.7 Å². The van der Waals surface area contributed by atoms with Crippen LogP contribution in [0.2, 0.25) is 0 Å². The molecule has 0 spiro atoms. The molecule has 6 heteroatoms. The number of carboxylic acid groups (broad SMARTS) is 1. The molecule has 1 N–H and O–H groups in total. The van der Waals surface area contributed by atoms with Crippen LogP contribution in [0.3, 0.4) is 0 Å². The van der Waals surface area contributed by atoms with Crippen LogP contribution in [0.5, 0.6) is 0 Å². The van der Waals surface area contributed by atoms with Crippen LogP contribution < -0.4 is 4.90 Å². The SMILES string of the molecule is CCCN(CCC)c1nc2c(s1)C[C@]1(C)[C@H]3C(=O)C=C4[C@@H]5C[C@@](C)(C(=O)O)CC[C@]5(C)CC[C@@]4(C)[C@]3(C)CC[C@H]1C2(C)C. The van der Waals surface area contributed by atoms with Crippen molar-refractivity contribution in [2.75, 3.05) is 18.0 Å². The minimum atomic E-state index is -0.717. The molecule has 5 aliphatic rings. The number of hydrogen-bond acceptors (Lipinski definition) is 5. The van der Waals surface area contributed by atoms with Gasteiger partial charge in [0.05, 0.1) is 11.1 Å². The van der Waals surface area contributed by atoms with Crippen LogP contribution in [0.15, 0.2) is 11.6 Å². The average Bonchev–Trinajstić information content (AvgIpc) is 3.35.